The fourth-order valence-corrected chi connectivity index (χ4v) is 2.72. The Morgan fingerprint density at radius 1 is 1.31 bits per heavy atom. The lowest BCUT2D eigenvalue weighted by atomic mass is 10.2. The van der Waals surface area contributed by atoms with E-state index in [0.717, 1.165) is 23.9 Å². The predicted molar refractivity (Wildman–Crippen MR) is 62.5 cm³/mol. The van der Waals surface area contributed by atoms with Crippen molar-refractivity contribution in [2.75, 3.05) is 0 Å². The highest BCUT2D eigenvalue weighted by Gasteiger charge is 2.22. The van der Waals surface area contributed by atoms with E-state index in [-0.39, 0.29) is 5.69 Å². The van der Waals surface area contributed by atoms with E-state index in [1.54, 1.807) is 17.0 Å². The SMILES string of the molecule is Cn1c(=O)n(C2CCCC2)c2ccncc21. The molecule has 3 rings (SSSR count). The number of aryl methyl sites for hydroxylation is 1. The predicted octanol–water partition coefficient (Wildman–Crippen LogP) is 1.85. The maximum atomic E-state index is 12.2. The molecule has 0 aliphatic heterocycles. The number of hydrogen-bond donors (Lipinski definition) is 0. The van der Waals surface area contributed by atoms with Gasteiger partial charge in [-0.1, -0.05) is 12.8 Å². The van der Waals surface area contributed by atoms with Crippen LogP contribution >= 0.6 is 0 Å². The van der Waals surface area contributed by atoms with Gasteiger partial charge >= 0.3 is 5.69 Å². The minimum Gasteiger partial charge on any atom is -0.293 e. The Bertz CT molecular complexity index is 575. The summed E-state index contributed by atoms with van der Waals surface area (Å²) in [6, 6.07) is 2.33. The second-order valence-electron chi connectivity index (χ2n) is 4.51. The van der Waals surface area contributed by atoms with Crippen molar-refractivity contribution >= 4 is 11.0 Å². The maximum absolute atomic E-state index is 12.2. The average Bonchev–Trinajstić information content (AvgIpc) is 2.89. The van der Waals surface area contributed by atoms with Gasteiger partial charge in [-0.25, -0.2) is 4.79 Å². The lowest BCUT2D eigenvalue weighted by Crippen LogP contribution is -2.24. The molecule has 0 amide bonds. The van der Waals surface area contributed by atoms with Gasteiger partial charge in [0.2, 0.25) is 0 Å². The number of hydrogen-bond acceptors (Lipinski definition) is 2. The molecule has 2 heterocycles. The van der Waals surface area contributed by atoms with Gasteiger partial charge in [0.05, 0.1) is 17.2 Å². The normalized spacial score (nSPS) is 17.3. The van der Waals surface area contributed by atoms with Crippen molar-refractivity contribution < 1.29 is 0 Å². The van der Waals surface area contributed by atoms with Gasteiger partial charge in [0.25, 0.3) is 0 Å². The largest absolute Gasteiger partial charge is 0.329 e. The van der Waals surface area contributed by atoms with Crippen LogP contribution in [-0.4, -0.2) is 14.1 Å². The number of pyridine rings is 1. The Morgan fingerprint density at radius 2 is 2.06 bits per heavy atom. The summed E-state index contributed by atoms with van der Waals surface area (Å²) in [6.07, 6.45) is 8.25. The topological polar surface area (TPSA) is 39.8 Å². The first-order valence-corrected chi connectivity index (χ1v) is 5.80. The van der Waals surface area contributed by atoms with Crippen LogP contribution in [0.25, 0.3) is 11.0 Å². The molecule has 16 heavy (non-hydrogen) atoms. The summed E-state index contributed by atoms with van der Waals surface area (Å²) >= 11 is 0. The van der Waals surface area contributed by atoms with E-state index < -0.39 is 0 Å². The van der Waals surface area contributed by atoms with Crippen LogP contribution in [-0.2, 0) is 7.05 Å². The van der Waals surface area contributed by atoms with E-state index in [9.17, 15) is 4.79 Å². The number of nitrogens with zero attached hydrogens (tertiary/aromatic N) is 3. The number of aromatic nitrogens is 3. The molecular formula is C12H15N3O. The molecule has 1 saturated carbocycles. The van der Waals surface area contributed by atoms with Crippen molar-refractivity contribution in [2.24, 2.45) is 7.05 Å². The molecule has 0 unspecified atom stereocenters. The van der Waals surface area contributed by atoms with Crippen molar-refractivity contribution in [3.63, 3.8) is 0 Å². The van der Waals surface area contributed by atoms with Crippen LogP contribution in [0.4, 0.5) is 0 Å². The molecule has 4 nitrogen and oxygen atoms in total. The quantitative estimate of drug-likeness (QED) is 0.731. The molecule has 0 radical (unpaired) electrons. The minimum absolute atomic E-state index is 0.0925. The fourth-order valence-electron chi connectivity index (χ4n) is 2.72. The van der Waals surface area contributed by atoms with Gasteiger partial charge in [-0.2, -0.15) is 0 Å². The molecule has 0 bridgehead atoms. The van der Waals surface area contributed by atoms with Gasteiger partial charge in [0.1, 0.15) is 0 Å². The van der Waals surface area contributed by atoms with E-state index >= 15 is 0 Å². The molecule has 84 valence electrons. The third-order valence-electron chi connectivity index (χ3n) is 3.58. The first kappa shape index (κ1) is 9.63. The van der Waals surface area contributed by atoms with Crippen molar-refractivity contribution in [3.8, 4) is 0 Å². The Kier molecular flexibility index (Phi) is 2.09. The monoisotopic (exact) mass is 217 g/mol. The van der Waals surface area contributed by atoms with E-state index in [4.69, 9.17) is 0 Å². The van der Waals surface area contributed by atoms with E-state index in [0.29, 0.717) is 6.04 Å². The molecule has 4 heteroatoms. The molecule has 0 atom stereocenters. The Morgan fingerprint density at radius 3 is 2.81 bits per heavy atom. The van der Waals surface area contributed by atoms with Crippen LogP contribution in [0.1, 0.15) is 31.7 Å². The molecule has 0 saturated heterocycles. The maximum Gasteiger partial charge on any atom is 0.329 e. The molecule has 1 fully saturated rings. The van der Waals surface area contributed by atoms with Crippen molar-refractivity contribution in [1.82, 2.24) is 14.1 Å². The first-order chi connectivity index (χ1) is 7.79. The van der Waals surface area contributed by atoms with Crippen LogP contribution in [0.3, 0.4) is 0 Å². The summed E-state index contributed by atoms with van der Waals surface area (Å²) in [7, 11) is 1.82. The van der Waals surface area contributed by atoms with Gasteiger partial charge < -0.3 is 0 Å². The molecule has 1 aliphatic rings. The van der Waals surface area contributed by atoms with Gasteiger partial charge in [0, 0.05) is 19.3 Å². The molecular weight excluding hydrogens is 202 g/mol. The molecule has 2 aromatic rings. The molecule has 0 aromatic carbocycles. The summed E-state index contributed by atoms with van der Waals surface area (Å²) < 4.78 is 3.64. The van der Waals surface area contributed by atoms with Crippen molar-refractivity contribution in [3.05, 3.63) is 28.9 Å². The van der Waals surface area contributed by atoms with Crippen LogP contribution in [0.15, 0.2) is 23.3 Å². The zero-order valence-electron chi connectivity index (χ0n) is 9.39. The van der Waals surface area contributed by atoms with Crippen LogP contribution in [0.2, 0.25) is 0 Å². The van der Waals surface area contributed by atoms with Gasteiger partial charge in [0.15, 0.2) is 0 Å². The molecule has 0 spiro atoms. The van der Waals surface area contributed by atoms with E-state index in [1.165, 1.54) is 12.8 Å². The summed E-state index contributed by atoms with van der Waals surface area (Å²) in [5.41, 5.74) is 2.05. The minimum atomic E-state index is 0.0925. The van der Waals surface area contributed by atoms with Crippen LogP contribution in [0, 0.1) is 0 Å². The highest BCUT2D eigenvalue weighted by molar-refractivity contribution is 5.74. The Hall–Kier alpha value is -1.58. The second-order valence-corrected chi connectivity index (χ2v) is 4.51. The van der Waals surface area contributed by atoms with Gasteiger partial charge in [-0.05, 0) is 18.9 Å². The number of imidazole rings is 1. The molecule has 1 aliphatic carbocycles. The number of fused-ring (bicyclic) bond motifs is 1. The summed E-state index contributed by atoms with van der Waals surface area (Å²) in [4.78, 5) is 16.3. The lowest BCUT2D eigenvalue weighted by Gasteiger charge is -2.10. The highest BCUT2D eigenvalue weighted by atomic mass is 16.1. The Balaban J connectivity index is 2.30. The van der Waals surface area contributed by atoms with Crippen LogP contribution < -0.4 is 5.69 Å². The summed E-state index contributed by atoms with van der Waals surface area (Å²) in [5.74, 6) is 0. The fraction of sp³-hybridized carbons (Fsp3) is 0.500. The number of rotatable bonds is 1. The molecule has 0 N–H and O–H groups in total. The Labute approximate surface area is 93.5 Å². The van der Waals surface area contributed by atoms with E-state index in [2.05, 4.69) is 4.98 Å². The standard InChI is InChI=1S/C12H15N3O/c1-14-11-8-13-7-6-10(11)15(12(14)16)9-4-2-3-5-9/h6-9H,2-5H2,1H3. The highest BCUT2D eigenvalue weighted by Crippen LogP contribution is 2.30. The van der Waals surface area contributed by atoms with E-state index in [1.807, 2.05) is 17.7 Å². The lowest BCUT2D eigenvalue weighted by molar-refractivity contribution is 0.509. The summed E-state index contributed by atoms with van der Waals surface area (Å²) in [5, 5.41) is 0. The van der Waals surface area contributed by atoms with Crippen molar-refractivity contribution in [2.45, 2.75) is 31.7 Å². The van der Waals surface area contributed by atoms with Crippen LogP contribution in [0.5, 0.6) is 0 Å². The molecule has 2 aromatic heterocycles. The summed E-state index contributed by atoms with van der Waals surface area (Å²) in [6.45, 7) is 0. The van der Waals surface area contributed by atoms with Gasteiger partial charge in [-0.15, -0.1) is 0 Å². The van der Waals surface area contributed by atoms with Crippen molar-refractivity contribution in [1.29, 1.82) is 0 Å². The van der Waals surface area contributed by atoms with Gasteiger partial charge in [-0.3, -0.25) is 14.1 Å². The third-order valence-corrected chi connectivity index (χ3v) is 3.58. The zero-order valence-corrected chi connectivity index (χ0v) is 9.39. The third kappa shape index (κ3) is 1.22. The zero-order chi connectivity index (χ0) is 11.1. The second kappa shape index (κ2) is 3.47. The smallest absolute Gasteiger partial charge is 0.293 e. The first-order valence-electron chi connectivity index (χ1n) is 5.80. The average molecular weight is 217 g/mol.